The predicted octanol–water partition coefficient (Wildman–Crippen LogP) is 1.95. The molecule has 8 nitrogen and oxygen atoms in total. The lowest BCUT2D eigenvalue weighted by atomic mass is 10.0. The van der Waals surface area contributed by atoms with E-state index in [1.807, 2.05) is 6.07 Å². The Morgan fingerprint density at radius 1 is 1.36 bits per heavy atom. The molecule has 0 aromatic heterocycles. The first-order valence-electron chi connectivity index (χ1n) is 9.54. The third-order valence-corrected chi connectivity index (χ3v) is 6.21. The van der Waals surface area contributed by atoms with Gasteiger partial charge in [-0.05, 0) is 30.5 Å². The van der Waals surface area contributed by atoms with Gasteiger partial charge in [-0.2, -0.15) is 0 Å². The molecule has 0 bridgehead atoms. The third kappa shape index (κ3) is 7.02. The standard InChI is InChI=1S/C19H29N2O6P/c1-13(22)20-9-4-2-3-8-18(28(25)26)17-11-21-16(12-27-17)14-6-5-7-15(10-14)19(23)24/h5-7,10,16-18,21,28H,2-4,8-9,11-12H2,1H3,(H,20,22)(H,23,24)(H,25,26)/t16-,17+,18?/m0/s1. The fraction of sp³-hybridized carbons (Fsp3) is 0.579. The quantitative estimate of drug-likeness (QED) is 0.342. The van der Waals surface area contributed by atoms with Crippen molar-refractivity contribution in [1.29, 1.82) is 0 Å². The molecule has 1 aliphatic rings. The maximum atomic E-state index is 11.8. The molecular formula is C19H29N2O6P. The summed E-state index contributed by atoms with van der Waals surface area (Å²) in [5, 5.41) is 15.2. The first kappa shape index (κ1) is 22.6. The van der Waals surface area contributed by atoms with Crippen LogP contribution in [0.1, 0.15) is 54.6 Å². The third-order valence-electron chi connectivity index (χ3n) is 4.91. The molecule has 0 saturated carbocycles. The number of morpholine rings is 1. The number of nitrogens with one attached hydrogen (secondary N) is 2. The van der Waals surface area contributed by atoms with Gasteiger partial charge in [-0.25, -0.2) is 4.79 Å². The lowest BCUT2D eigenvalue weighted by Crippen LogP contribution is -2.45. The molecule has 0 aliphatic carbocycles. The van der Waals surface area contributed by atoms with Gasteiger partial charge < -0.3 is 25.4 Å². The molecule has 4 atom stereocenters. The van der Waals surface area contributed by atoms with E-state index >= 15 is 0 Å². The second kappa shape index (κ2) is 11.3. The molecule has 1 aromatic rings. The minimum Gasteiger partial charge on any atom is -0.478 e. The van der Waals surface area contributed by atoms with E-state index in [1.165, 1.54) is 13.0 Å². The van der Waals surface area contributed by atoms with Crippen molar-refractivity contribution in [3.63, 3.8) is 0 Å². The number of carbonyl (C=O) groups excluding carboxylic acids is 1. The van der Waals surface area contributed by atoms with Crippen LogP contribution in [0.15, 0.2) is 24.3 Å². The van der Waals surface area contributed by atoms with E-state index in [0.717, 1.165) is 24.8 Å². The Hall–Kier alpha value is -1.73. The minimum absolute atomic E-state index is 0.0524. The number of ether oxygens (including phenoxy) is 1. The highest BCUT2D eigenvalue weighted by Gasteiger charge is 2.31. The van der Waals surface area contributed by atoms with Crippen molar-refractivity contribution < 1.29 is 28.9 Å². The second-order valence-corrected chi connectivity index (χ2v) is 8.46. The Kier molecular flexibility index (Phi) is 9.12. The van der Waals surface area contributed by atoms with Gasteiger partial charge in [0.2, 0.25) is 5.91 Å². The Morgan fingerprint density at radius 2 is 2.14 bits per heavy atom. The molecule has 0 spiro atoms. The minimum atomic E-state index is -2.74. The molecule has 1 fully saturated rings. The van der Waals surface area contributed by atoms with Crippen molar-refractivity contribution in [1.82, 2.24) is 10.6 Å². The largest absolute Gasteiger partial charge is 0.478 e. The summed E-state index contributed by atoms with van der Waals surface area (Å²) in [4.78, 5) is 31.7. The summed E-state index contributed by atoms with van der Waals surface area (Å²) in [5.74, 6) is -1.03. The zero-order valence-corrected chi connectivity index (χ0v) is 17.0. The summed E-state index contributed by atoms with van der Waals surface area (Å²) in [6.07, 6.45) is 2.76. The van der Waals surface area contributed by atoms with Crippen LogP contribution in [0.3, 0.4) is 0 Å². The Bertz CT molecular complexity index is 691. The van der Waals surface area contributed by atoms with Crippen LogP contribution in [0.25, 0.3) is 0 Å². The van der Waals surface area contributed by atoms with Crippen molar-refractivity contribution >= 4 is 19.9 Å². The van der Waals surface area contributed by atoms with Crippen molar-refractivity contribution in [2.45, 2.75) is 50.4 Å². The molecule has 156 valence electrons. The van der Waals surface area contributed by atoms with Gasteiger partial charge in [-0.3, -0.25) is 9.36 Å². The van der Waals surface area contributed by atoms with Crippen molar-refractivity contribution in [3.8, 4) is 0 Å². The fourth-order valence-electron chi connectivity index (χ4n) is 3.36. The highest BCUT2D eigenvalue weighted by atomic mass is 31.1. The molecule has 28 heavy (non-hydrogen) atoms. The fourth-order valence-corrected chi connectivity index (χ4v) is 4.34. The van der Waals surface area contributed by atoms with Gasteiger partial charge in [-0.15, -0.1) is 0 Å². The summed E-state index contributed by atoms with van der Waals surface area (Å²) in [6, 6.07) is 6.55. The van der Waals surface area contributed by atoms with Crippen LogP contribution < -0.4 is 10.6 Å². The smallest absolute Gasteiger partial charge is 0.335 e. The van der Waals surface area contributed by atoms with E-state index in [1.54, 1.807) is 12.1 Å². The molecule has 2 rings (SSSR count). The van der Waals surface area contributed by atoms with Crippen LogP contribution in [-0.4, -0.2) is 53.3 Å². The molecule has 9 heteroatoms. The van der Waals surface area contributed by atoms with E-state index in [2.05, 4.69) is 10.6 Å². The Morgan fingerprint density at radius 3 is 2.75 bits per heavy atom. The molecule has 1 aromatic carbocycles. The van der Waals surface area contributed by atoms with E-state index in [9.17, 15) is 19.0 Å². The zero-order chi connectivity index (χ0) is 20.5. The van der Waals surface area contributed by atoms with Crippen LogP contribution in [0.2, 0.25) is 0 Å². The molecule has 0 radical (unpaired) electrons. The number of hydrogen-bond acceptors (Lipinski definition) is 5. The molecule has 2 unspecified atom stereocenters. The summed E-state index contributed by atoms with van der Waals surface area (Å²) in [5.41, 5.74) is 0.632. The number of carboxylic acid groups (broad SMARTS) is 1. The first-order valence-corrected chi connectivity index (χ1v) is 11.0. The number of hydrogen-bond donors (Lipinski definition) is 4. The van der Waals surface area contributed by atoms with Gasteiger partial charge in [0.1, 0.15) is 0 Å². The van der Waals surface area contributed by atoms with Gasteiger partial charge in [0, 0.05) is 20.0 Å². The molecular weight excluding hydrogens is 383 g/mol. The SMILES string of the molecule is CC(=O)NCCCCCC([C@H]1CN[C@H](c2cccc(C(=O)O)c2)CO1)[PH](=O)O. The van der Waals surface area contributed by atoms with Gasteiger partial charge in [-0.1, -0.05) is 25.0 Å². The van der Waals surface area contributed by atoms with E-state index in [4.69, 9.17) is 9.84 Å². The summed E-state index contributed by atoms with van der Waals surface area (Å²) in [7, 11) is -2.74. The normalized spacial score (nSPS) is 21.6. The molecule has 1 amide bonds. The Balaban J connectivity index is 1.82. The predicted molar refractivity (Wildman–Crippen MR) is 106 cm³/mol. The van der Waals surface area contributed by atoms with Crippen molar-refractivity contribution in [2.75, 3.05) is 19.7 Å². The van der Waals surface area contributed by atoms with E-state index in [0.29, 0.717) is 26.1 Å². The monoisotopic (exact) mass is 412 g/mol. The van der Waals surface area contributed by atoms with Crippen LogP contribution in [-0.2, 0) is 14.1 Å². The maximum Gasteiger partial charge on any atom is 0.335 e. The lowest BCUT2D eigenvalue weighted by Gasteiger charge is -2.34. The average molecular weight is 412 g/mol. The summed E-state index contributed by atoms with van der Waals surface area (Å²) < 4.78 is 17.7. The van der Waals surface area contributed by atoms with Gasteiger partial charge in [0.15, 0.2) is 8.03 Å². The van der Waals surface area contributed by atoms with Crippen LogP contribution >= 0.6 is 8.03 Å². The number of carboxylic acids is 1. The van der Waals surface area contributed by atoms with Crippen molar-refractivity contribution in [3.05, 3.63) is 35.4 Å². The average Bonchev–Trinajstić information content (AvgIpc) is 2.67. The highest BCUT2D eigenvalue weighted by molar-refractivity contribution is 7.39. The highest BCUT2D eigenvalue weighted by Crippen LogP contribution is 2.33. The second-order valence-electron chi connectivity index (χ2n) is 7.04. The molecule has 4 N–H and O–H groups in total. The lowest BCUT2D eigenvalue weighted by molar-refractivity contribution is -0.118. The summed E-state index contributed by atoms with van der Waals surface area (Å²) >= 11 is 0. The van der Waals surface area contributed by atoms with Crippen LogP contribution in [0.4, 0.5) is 0 Å². The maximum absolute atomic E-state index is 11.8. The topological polar surface area (TPSA) is 125 Å². The van der Waals surface area contributed by atoms with Gasteiger partial charge >= 0.3 is 5.97 Å². The number of carbonyl (C=O) groups is 2. The molecule has 1 saturated heterocycles. The number of unbranched alkanes of at least 4 members (excludes halogenated alkanes) is 2. The van der Waals surface area contributed by atoms with E-state index < -0.39 is 19.7 Å². The van der Waals surface area contributed by atoms with Crippen LogP contribution in [0.5, 0.6) is 0 Å². The number of rotatable bonds is 10. The summed E-state index contributed by atoms with van der Waals surface area (Å²) in [6.45, 7) is 2.86. The number of benzene rings is 1. The van der Waals surface area contributed by atoms with Crippen LogP contribution in [0, 0.1) is 0 Å². The van der Waals surface area contributed by atoms with Gasteiger partial charge in [0.05, 0.1) is 30.0 Å². The van der Waals surface area contributed by atoms with Gasteiger partial charge in [0.25, 0.3) is 0 Å². The molecule has 1 aliphatic heterocycles. The molecule has 1 heterocycles. The first-order chi connectivity index (χ1) is 13.4. The Labute approximate surface area is 165 Å². The number of aromatic carboxylic acids is 1. The van der Waals surface area contributed by atoms with E-state index in [-0.39, 0.29) is 23.6 Å². The zero-order valence-electron chi connectivity index (χ0n) is 16.0. The van der Waals surface area contributed by atoms with Crippen molar-refractivity contribution in [2.24, 2.45) is 0 Å². The number of amides is 1.